The van der Waals surface area contributed by atoms with E-state index in [-0.39, 0.29) is 6.04 Å². The number of nitrogens with one attached hydrogen (secondary N) is 1. The first-order valence-electron chi connectivity index (χ1n) is 5.71. The summed E-state index contributed by atoms with van der Waals surface area (Å²) in [7, 11) is -3.43. The summed E-state index contributed by atoms with van der Waals surface area (Å²) < 4.78 is 26.3. The number of alkyl halides is 1. The van der Waals surface area contributed by atoms with Crippen LogP contribution in [0.4, 0.5) is 0 Å². The van der Waals surface area contributed by atoms with Crippen molar-refractivity contribution < 1.29 is 8.42 Å². The van der Waals surface area contributed by atoms with E-state index in [0.29, 0.717) is 22.2 Å². The average molecular weight is 331 g/mol. The second-order valence-corrected chi connectivity index (χ2v) is 6.75. The van der Waals surface area contributed by atoms with Gasteiger partial charge in [-0.05, 0) is 25.0 Å². The molecule has 0 saturated heterocycles. The Kier molecular flexibility index (Phi) is 3.77. The van der Waals surface area contributed by atoms with Gasteiger partial charge in [0.25, 0.3) is 10.0 Å². The Morgan fingerprint density at radius 2 is 2.00 bits per heavy atom. The summed E-state index contributed by atoms with van der Waals surface area (Å²) >= 11 is 3.41. The smallest absolute Gasteiger partial charge is 0.263 e. The van der Waals surface area contributed by atoms with E-state index in [1.165, 1.54) is 0 Å². The van der Waals surface area contributed by atoms with E-state index in [1.54, 1.807) is 18.2 Å². The maximum atomic E-state index is 11.9. The number of aliphatic imine (C=N–C) groups is 1. The van der Waals surface area contributed by atoms with Crippen molar-refractivity contribution in [3.8, 4) is 0 Å². The monoisotopic (exact) mass is 330 g/mol. The van der Waals surface area contributed by atoms with Crippen LogP contribution in [0.2, 0.25) is 0 Å². The molecule has 0 amide bonds. The molecule has 0 aromatic heterocycles. The fourth-order valence-corrected chi connectivity index (χ4v) is 3.47. The molecular formula is C12H15BrN2O2S. The highest BCUT2D eigenvalue weighted by Crippen LogP contribution is 2.23. The highest BCUT2D eigenvalue weighted by molar-refractivity contribution is 9.09. The fraction of sp³-hybridized carbons (Fsp3) is 0.417. The number of rotatable bonds is 3. The minimum atomic E-state index is -3.43. The van der Waals surface area contributed by atoms with Gasteiger partial charge in [0.05, 0.1) is 10.9 Å². The zero-order chi connectivity index (χ0) is 13.3. The molecule has 2 rings (SSSR count). The summed E-state index contributed by atoms with van der Waals surface area (Å²) in [6, 6.07) is 6.95. The largest absolute Gasteiger partial charge is 0.264 e. The van der Waals surface area contributed by atoms with E-state index in [9.17, 15) is 8.42 Å². The van der Waals surface area contributed by atoms with Crippen LogP contribution in [0.3, 0.4) is 0 Å². The number of sulfonamides is 1. The topological polar surface area (TPSA) is 58.5 Å². The second kappa shape index (κ2) is 5.01. The van der Waals surface area contributed by atoms with Gasteiger partial charge in [-0.25, -0.2) is 8.42 Å². The third kappa shape index (κ3) is 2.44. The SMILES string of the molecule is CC(CBr)C(C)N=C1NS(=O)(=O)c2ccccc21. The van der Waals surface area contributed by atoms with Crippen LogP contribution in [0.15, 0.2) is 34.2 Å². The summed E-state index contributed by atoms with van der Waals surface area (Å²) in [5.74, 6) is 0.792. The number of amidine groups is 1. The van der Waals surface area contributed by atoms with Gasteiger partial charge in [0.1, 0.15) is 5.84 Å². The van der Waals surface area contributed by atoms with Crippen molar-refractivity contribution >= 4 is 31.8 Å². The number of halogens is 1. The zero-order valence-electron chi connectivity index (χ0n) is 10.2. The zero-order valence-corrected chi connectivity index (χ0v) is 12.6. The predicted molar refractivity (Wildman–Crippen MR) is 75.7 cm³/mol. The third-order valence-electron chi connectivity index (χ3n) is 3.06. The molecule has 0 saturated carbocycles. The van der Waals surface area contributed by atoms with Crippen molar-refractivity contribution in [2.45, 2.75) is 24.8 Å². The normalized spacial score (nSPS) is 22.3. The van der Waals surface area contributed by atoms with Crippen LogP contribution < -0.4 is 4.72 Å². The van der Waals surface area contributed by atoms with Crippen LogP contribution >= 0.6 is 15.9 Å². The number of hydrogen-bond donors (Lipinski definition) is 1. The Balaban J connectivity index is 2.42. The molecule has 0 aliphatic carbocycles. The van der Waals surface area contributed by atoms with Gasteiger partial charge < -0.3 is 0 Å². The molecule has 0 bridgehead atoms. The van der Waals surface area contributed by atoms with Crippen LogP contribution in [-0.4, -0.2) is 25.6 Å². The molecule has 4 nitrogen and oxygen atoms in total. The molecule has 0 radical (unpaired) electrons. The van der Waals surface area contributed by atoms with Gasteiger partial charge in [-0.2, -0.15) is 0 Å². The molecule has 1 aromatic carbocycles. The lowest BCUT2D eigenvalue weighted by atomic mass is 10.1. The molecule has 1 heterocycles. The molecule has 98 valence electrons. The maximum Gasteiger partial charge on any atom is 0.263 e. The minimum absolute atomic E-state index is 0.0493. The molecule has 1 N–H and O–H groups in total. The Morgan fingerprint density at radius 1 is 1.33 bits per heavy atom. The molecule has 1 aliphatic rings. The molecule has 1 aliphatic heterocycles. The summed E-state index contributed by atoms with van der Waals surface area (Å²) in [5, 5.41) is 0.833. The van der Waals surface area contributed by atoms with Crippen molar-refractivity contribution in [2.75, 3.05) is 5.33 Å². The lowest BCUT2D eigenvalue weighted by Gasteiger charge is -2.13. The van der Waals surface area contributed by atoms with Gasteiger partial charge >= 0.3 is 0 Å². The van der Waals surface area contributed by atoms with E-state index >= 15 is 0 Å². The van der Waals surface area contributed by atoms with E-state index in [0.717, 1.165) is 5.33 Å². The average Bonchev–Trinajstić information content (AvgIpc) is 2.61. The minimum Gasteiger partial charge on any atom is -0.264 e. The fourth-order valence-electron chi connectivity index (χ4n) is 1.69. The first kappa shape index (κ1) is 13.5. The molecule has 2 atom stereocenters. The quantitative estimate of drug-likeness (QED) is 0.863. The number of nitrogens with zero attached hydrogens (tertiary/aromatic N) is 1. The van der Waals surface area contributed by atoms with Crippen molar-refractivity contribution in [3.05, 3.63) is 29.8 Å². The Morgan fingerprint density at radius 3 is 2.67 bits per heavy atom. The number of fused-ring (bicyclic) bond motifs is 1. The number of benzene rings is 1. The van der Waals surface area contributed by atoms with Gasteiger partial charge in [-0.15, -0.1) is 0 Å². The Bertz CT molecular complexity index is 583. The summed E-state index contributed by atoms with van der Waals surface area (Å²) in [6.07, 6.45) is 0. The first-order valence-corrected chi connectivity index (χ1v) is 8.32. The lowest BCUT2D eigenvalue weighted by Crippen LogP contribution is -2.25. The third-order valence-corrected chi connectivity index (χ3v) is 5.48. The molecule has 1 aromatic rings. The van der Waals surface area contributed by atoms with Crippen LogP contribution in [0.1, 0.15) is 19.4 Å². The van der Waals surface area contributed by atoms with Crippen LogP contribution in [0, 0.1) is 5.92 Å². The van der Waals surface area contributed by atoms with E-state index in [4.69, 9.17) is 0 Å². The molecule has 0 spiro atoms. The van der Waals surface area contributed by atoms with Crippen LogP contribution in [-0.2, 0) is 10.0 Å². The second-order valence-electron chi connectivity index (χ2n) is 4.45. The van der Waals surface area contributed by atoms with Gasteiger partial charge in [0.2, 0.25) is 0 Å². The van der Waals surface area contributed by atoms with Crippen LogP contribution in [0.5, 0.6) is 0 Å². The van der Waals surface area contributed by atoms with Crippen molar-refractivity contribution in [1.82, 2.24) is 4.72 Å². The highest BCUT2D eigenvalue weighted by Gasteiger charge is 2.30. The highest BCUT2D eigenvalue weighted by atomic mass is 79.9. The lowest BCUT2D eigenvalue weighted by molar-refractivity contribution is 0.542. The number of hydrogen-bond acceptors (Lipinski definition) is 3. The summed E-state index contributed by atoms with van der Waals surface area (Å²) in [5.41, 5.74) is 0.658. The maximum absolute atomic E-state index is 11.9. The van der Waals surface area contributed by atoms with Crippen molar-refractivity contribution in [1.29, 1.82) is 0 Å². The van der Waals surface area contributed by atoms with Gasteiger partial charge in [-0.3, -0.25) is 9.71 Å². The predicted octanol–water partition coefficient (Wildman–Crippen LogP) is 2.14. The molecule has 6 heteroatoms. The Hall–Kier alpha value is -0.880. The van der Waals surface area contributed by atoms with Gasteiger partial charge in [0, 0.05) is 10.9 Å². The van der Waals surface area contributed by atoms with Gasteiger partial charge in [0.15, 0.2) is 0 Å². The van der Waals surface area contributed by atoms with Gasteiger partial charge in [-0.1, -0.05) is 35.0 Å². The first-order chi connectivity index (χ1) is 8.45. The molecule has 2 unspecified atom stereocenters. The van der Waals surface area contributed by atoms with Crippen molar-refractivity contribution in [2.24, 2.45) is 10.9 Å². The summed E-state index contributed by atoms with van der Waals surface area (Å²) in [4.78, 5) is 4.79. The van der Waals surface area contributed by atoms with Crippen molar-refractivity contribution in [3.63, 3.8) is 0 Å². The van der Waals surface area contributed by atoms with E-state index < -0.39 is 10.0 Å². The standard InChI is InChI=1S/C12H15BrN2O2S/c1-8(7-13)9(2)14-12-10-5-3-4-6-11(10)18(16,17)15-12/h3-6,8-9H,7H2,1-2H3,(H,14,15). The van der Waals surface area contributed by atoms with E-state index in [2.05, 4.69) is 32.6 Å². The molecule has 18 heavy (non-hydrogen) atoms. The Labute approximate surface area is 116 Å². The van der Waals surface area contributed by atoms with Crippen LogP contribution in [0.25, 0.3) is 0 Å². The van der Waals surface area contributed by atoms with E-state index in [1.807, 2.05) is 13.0 Å². The summed E-state index contributed by atoms with van der Waals surface area (Å²) in [6.45, 7) is 4.05. The molecule has 0 fully saturated rings. The molecular weight excluding hydrogens is 316 g/mol.